The molecule has 6 heteroatoms. The summed E-state index contributed by atoms with van der Waals surface area (Å²) in [6.45, 7) is 5.32. The SMILES string of the molecule is CCOC(=O)c1cc(-c2ccccc2)sc1NC(=S)N1CCCC[C@H]1C. The van der Waals surface area contributed by atoms with Crippen LogP contribution in [0.25, 0.3) is 10.4 Å². The number of hydrogen-bond donors (Lipinski definition) is 1. The fourth-order valence-electron chi connectivity index (χ4n) is 3.16. The summed E-state index contributed by atoms with van der Waals surface area (Å²) in [6, 6.07) is 12.4. The second kappa shape index (κ2) is 8.64. The van der Waals surface area contributed by atoms with E-state index in [0.29, 0.717) is 23.3 Å². The highest BCUT2D eigenvalue weighted by atomic mass is 32.1. The lowest BCUT2D eigenvalue weighted by Crippen LogP contribution is -2.44. The molecule has 2 heterocycles. The minimum Gasteiger partial charge on any atom is -0.462 e. The molecule has 3 rings (SSSR count). The van der Waals surface area contributed by atoms with Gasteiger partial charge in [-0.25, -0.2) is 4.79 Å². The Labute approximate surface area is 164 Å². The molecular weight excluding hydrogens is 364 g/mol. The van der Waals surface area contributed by atoms with Crippen LogP contribution in [0.15, 0.2) is 36.4 Å². The number of thiocarbonyl (C=S) groups is 1. The lowest BCUT2D eigenvalue weighted by atomic mass is 10.0. The van der Waals surface area contributed by atoms with E-state index in [-0.39, 0.29) is 5.97 Å². The number of hydrogen-bond acceptors (Lipinski definition) is 4. The molecule has 1 aliphatic heterocycles. The topological polar surface area (TPSA) is 41.6 Å². The van der Waals surface area contributed by atoms with Crippen LogP contribution in [-0.4, -0.2) is 35.2 Å². The molecule has 0 spiro atoms. The van der Waals surface area contributed by atoms with Crippen molar-refractivity contribution >= 4 is 39.6 Å². The maximum Gasteiger partial charge on any atom is 0.341 e. The minimum absolute atomic E-state index is 0.317. The fourth-order valence-corrected chi connectivity index (χ4v) is 4.65. The zero-order valence-corrected chi connectivity index (χ0v) is 16.8. The Hall–Kier alpha value is -1.92. The predicted molar refractivity (Wildman–Crippen MR) is 112 cm³/mol. The molecule has 0 amide bonds. The van der Waals surface area contributed by atoms with Gasteiger partial charge in [-0.3, -0.25) is 0 Å². The zero-order chi connectivity index (χ0) is 18.5. The molecule has 1 fully saturated rings. The van der Waals surface area contributed by atoms with Crippen molar-refractivity contribution in [2.75, 3.05) is 18.5 Å². The number of likely N-dealkylation sites (tertiary alicyclic amines) is 1. The van der Waals surface area contributed by atoms with E-state index >= 15 is 0 Å². The Kier molecular flexibility index (Phi) is 6.27. The number of thiophene rings is 1. The molecule has 0 unspecified atom stereocenters. The van der Waals surface area contributed by atoms with Gasteiger partial charge in [0, 0.05) is 17.5 Å². The van der Waals surface area contributed by atoms with E-state index < -0.39 is 0 Å². The van der Waals surface area contributed by atoms with Gasteiger partial charge in [0.25, 0.3) is 0 Å². The Morgan fingerprint density at radius 1 is 1.35 bits per heavy atom. The number of carbonyl (C=O) groups excluding carboxylic acids is 1. The minimum atomic E-state index is -0.317. The van der Waals surface area contributed by atoms with Crippen molar-refractivity contribution < 1.29 is 9.53 Å². The van der Waals surface area contributed by atoms with Crippen LogP contribution in [0, 0.1) is 0 Å². The maximum absolute atomic E-state index is 12.4. The predicted octanol–water partition coefficient (Wildman–Crippen LogP) is 5.16. The molecule has 1 aliphatic rings. The molecule has 138 valence electrons. The summed E-state index contributed by atoms with van der Waals surface area (Å²) in [5.74, 6) is -0.317. The van der Waals surface area contributed by atoms with E-state index in [2.05, 4.69) is 17.1 Å². The van der Waals surface area contributed by atoms with E-state index in [1.165, 1.54) is 17.8 Å². The van der Waals surface area contributed by atoms with Gasteiger partial charge in [0.05, 0.1) is 12.2 Å². The molecular formula is C20H24N2O2S2. The van der Waals surface area contributed by atoms with Gasteiger partial charge in [-0.2, -0.15) is 0 Å². The van der Waals surface area contributed by atoms with Gasteiger partial charge in [0.2, 0.25) is 0 Å². The molecule has 0 aliphatic carbocycles. The van der Waals surface area contributed by atoms with Crippen LogP contribution in [0.5, 0.6) is 0 Å². The molecule has 1 N–H and O–H groups in total. The largest absolute Gasteiger partial charge is 0.462 e. The summed E-state index contributed by atoms with van der Waals surface area (Å²) in [7, 11) is 0. The summed E-state index contributed by atoms with van der Waals surface area (Å²) in [5.41, 5.74) is 1.62. The lowest BCUT2D eigenvalue weighted by molar-refractivity contribution is 0.0528. The smallest absolute Gasteiger partial charge is 0.341 e. The van der Waals surface area contributed by atoms with E-state index in [0.717, 1.165) is 34.8 Å². The average molecular weight is 389 g/mol. The number of esters is 1. The Morgan fingerprint density at radius 3 is 2.81 bits per heavy atom. The Morgan fingerprint density at radius 2 is 2.12 bits per heavy atom. The lowest BCUT2D eigenvalue weighted by Gasteiger charge is -2.35. The van der Waals surface area contributed by atoms with Gasteiger partial charge >= 0.3 is 5.97 Å². The maximum atomic E-state index is 12.4. The van der Waals surface area contributed by atoms with E-state index in [4.69, 9.17) is 17.0 Å². The number of nitrogens with one attached hydrogen (secondary N) is 1. The average Bonchev–Trinajstić information content (AvgIpc) is 3.07. The normalized spacial score (nSPS) is 17.0. The zero-order valence-electron chi connectivity index (χ0n) is 15.2. The Bertz CT molecular complexity index is 773. The molecule has 0 radical (unpaired) electrons. The first-order valence-electron chi connectivity index (χ1n) is 9.04. The van der Waals surface area contributed by atoms with Crippen LogP contribution in [0.2, 0.25) is 0 Å². The molecule has 1 atom stereocenters. The van der Waals surface area contributed by atoms with Crippen LogP contribution < -0.4 is 5.32 Å². The quantitative estimate of drug-likeness (QED) is 0.578. The summed E-state index contributed by atoms with van der Waals surface area (Å²) in [6.07, 6.45) is 3.54. The van der Waals surface area contributed by atoms with E-state index in [1.807, 2.05) is 43.3 Å². The van der Waals surface area contributed by atoms with Crippen LogP contribution in [0.1, 0.15) is 43.5 Å². The van der Waals surface area contributed by atoms with Gasteiger partial charge in [0.1, 0.15) is 5.00 Å². The van der Waals surface area contributed by atoms with Crippen LogP contribution in [0.4, 0.5) is 5.00 Å². The molecule has 2 aromatic rings. The van der Waals surface area contributed by atoms with Crippen molar-refractivity contribution in [3.63, 3.8) is 0 Å². The first kappa shape index (κ1) is 18.9. The third-order valence-electron chi connectivity index (χ3n) is 4.57. The number of carbonyl (C=O) groups is 1. The highest BCUT2D eigenvalue weighted by Gasteiger charge is 2.24. The molecule has 1 saturated heterocycles. The highest BCUT2D eigenvalue weighted by Crippen LogP contribution is 2.36. The van der Waals surface area contributed by atoms with Crippen LogP contribution >= 0.6 is 23.6 Å². The van der Waals surface area contributed by atoms with Gasteiger partial charge in [-0.1, -0.05) is 30.3 Å². The van der Waals surface area contributed by atoms with Crippen molar-refractivity contribution in [2.45, 2.75) is 39.2 Å². The van der Waals surface area contributed by atoms with Crippen LogP contribution in [0.3, 0.4) is 0 Å². The molecule has 1 aromatic carbocycles. The summed E-state index contributed by atoms with van der Waals surface area (Å²) in [4.78, 5) is 15.7. The van der Waals surface area contributed by atoms with Crippen molar-refractivity contribution in [3.8, 4) is 10.4 Å². The van der Waals surface area contributed by atoms with Crippen molar-refractivity contribution in [1.29, 1.82) is 0 Å². The number of rotatable bonds is 4. The number of piperidine rings is 1. The second-order valence-corrected chi connectivity index (χ2v) is 7.85. The first-order valence-corrected chi connectivity index (χ1v) is 10.3. The fraction of sp³-hybridized carbons (Fsp3) is 0.400. The molecule has 4 nitrogen and oxygen atoms in total. The molecule has 0 bridgehead atoms. The van der Waals surface area contributed by atoms with Gasteiger partial charge in [0.15, 0.2) is 5.11 Å². The highest BCUT2D eigenvalue weighted by molar-refractivity contribution is 7.80. The van der Waals surface area contributed by atoms with Crippen molar-refractivity contribution in [1.82, 2.24) is 4.90 Å². The number of nitrogens with zero attached hydrogens (tertiary/aromatic N) is 1. The summed E-state index contributed by atoms with van der Waals surface area (Å²) < 4.78 is 5.24. The molecule has 0 saturated carbocycles. The van der Waals surface area contributed by atoms with Gasteiger partial charge in [-0.15, -0.1) is 11.3 Å². The number of anilines is 1. The second-order valence-electron chi connectivity index (χ2n) is 6.41. The third kappa shape index (κ3) is 4.24. The van der Waals surface area contributed by atoms with E-state index in [9.17, 15) is 4.79 Å². The van der Waals surface area contributed by atoms with Crippen molar-refractivity contribution in [2.24, 2.45) is 0 Å². The summed E-state index contributed by atoms with van der Waals surface area (Å²) >= 11 is 7.17. The first-order chi connectivity index (χ1) is 12.6. The van der Waals surface area contributed by atoms with E-state index in [1.54, 1.807) is 0 Å². The van der Waals surface area contributed by atoms with Crippen molar-refractivity contribution in [3.05, 3.63) is 42.0 Å². The van der Waals surface area contributed by atoms with Gasteiger partial charge in [-0.05, 0) is 57.0 Å². The third-order valence-corrected chi connectivity index (χ3v) is 6.01. The molecule has 1 aromatic heterocycles. The number of benzene rings is 1. The Balaban J connectivity index is 1.87. The van der Waals surface area contributed by atoms with Gasteiger partial charge < -0.3 is 15.0 Å². The monoisotopic (exact) mass is 388 g/mol. The number of ether oxygens (including phenoxy) is 1. The van der Waals surface area contributed by atoms with Crippen LogP contribution in [-0.2, 0) is 4.74 Å². The standard InChI is InChI=1S/C20H24N2O2S2/c1-3-24-19(23)16-13-17(15-10-5-4-6-11-15)26-18(16)21-20(25)22-12-8-7-9-14(22)2/h4-6,10-11,13-14H,3,7-9,12H2,1-2H3,(H,21,25)/t14-/m1/s1. The summed E-state index contributed by atoms with van der Waals surface area (Å²) in [5, 5.41) is 4.75. The molecule has 26 heavy (non-hydrogen) atoms.